The van der Waals surface area contributed by atoms with Gasteiger partial charge >= 0.3 is 18.1 Å². The predicted octanol–water partition coefficient (Wildman–Crippen LogP) is 3.29. The fourth-order valence-corrected chi connectivity index (χ4v) is 1.80. The van der Waals surface area contributed by atoms with Gasteiger partial charge < -0.3 is 4.74 Å². The van der Waals surface area contributed by atoms with Crippen LogP contribution in [0, 0.1) is 16.7 Å². The molecule has 0 fully saturated rings. The number of carbonyl (C=O) groups excluding carboxylic acids is 3. The Bertz CT molecular complexity index is 425. The van der Waals surface area contributed by atoms with E-state index in [1.54, 1.807) is 20.8 Å². The van der Waals surface area contributed by atoms with E-state index in [9.17, 15) is 27.6 Å². The van der Waals surface area contributed by atoms with Gasteiger partial charge in [0.1, 0.15) is 11.7 Å². The molecule has 0 amide bonds. The molecule has 0 bridgehead atoms. The van der Waals surface area contributed by atoms with Crippen molar-refractivity contribution in [2.45, 2.75) is 54.1 Å². The largest absolute Gasteiger partial charge is 0.491 e. The minimum Gasteiger partial charge on any atom is -0.386 e. The number of ketones is 1. The summed E-state index contributed by atoms with van der Waals surface area (Å²) in [7, 11) is 0. The van der Waals surface area contributed by atoms with Crippen molar-refractivity contribution in [3.8, 4) is 0 Å². The Morgan fingerprint density at radius 1 is 0.952 bits per heavy atom. The van der Waals surface area contributed by atoms with E-state index < -0.39 is 40.6 Å². The first-order valence-corrected chi connectivity index (χ1v) is 6.41. The number of alkyl halides is 3. The molecule has 0 aliphatic heterocycles. The van der Waals surface area contributed by atoms with Crippen LogP contribution in [-0.4, -0.2) is 23.9 Å². The Hall–Kier alpha value is -1.40. The molecule has 0 saturated carbocycles. The van der Waals surface area contributed by atoms with Crippen molar-refractivity contribution in [3.05, 3.63) is 0 Å². The average molecular weight is 310 g/mol. The average Bonchev–Trinajstić information content (AvgIpc) is 2.09. The SMILES string of the molecule is CC(C)(C)CC(=O)C(C(=O)OC(=O)C(F)(F)F)C(C)(C)C. The van der Waals surface area contributed by atoms with E-state index in [4.69, 9.17) is 0 Å². The maximum atomic E-state index is 12.2. The first kappa shape index (κ1) is 19.6. The Morgan fingerprint density at radius 2 is 1.38 bits per heavy atom. The number of Topliss-reactive ketones (excluding diaryl/α,β-unsaturated/α-hetero) is 1. The molecule has 0 radical (unpaired) electrons. The quantitative estimate of drug-likeness (QED) is 0.593. The molecule has 0 heterocycles. The molecule has 4 nitrogen and oxygen atoms in total. The van der Waals surface area contributed by atoms with E-state index in [0.29, 0.717) is 0 Å². The van der Waals surface area contributed by atoms with E-state index in [-0.39, 0.29) is 6.42 Å². The summed E-state index contributed by atoms with van der Waals surface area (Å²) in [6.07, 6.45) is -5.28. The minimum atomic E-state index is -5.27. The predicted molar refractivity (Wildman–Crippen MR) is 69.2 cm³/mol. The molecule has 21 heavy (non-hydrogen) atoms. The van der Waals surface area contributed by atoms with Gasteiger partial charge in [-0.25, -0.2) is 4.79 Å². The monoisotopic (exact) mass is 310 g/mol. The van der Waals surface area contributed by atoms with Crippen LogP contribution in [0.15, 0.2) is 0 Å². The van der Waals surface area contributed by atoms with Gasteiger partial charge in [-0.2, -0.15) is 13.2 Å². The Morgan fingerprint density at radius 3 is 1.67 bits per heavy atom. The van der Waals surface area contributed by atoms with Crippen LogP contribution >= 0.6 is 0 Å². The number of rotatable bonds is 3. The highest BCUT2D eigenvalue weighted by Gasteiger charge is 2.46. The van der Waals surface area contributed by atoms with Crippen LogP contribution in [0.4, 0.5) is 13.2 Å². The second-order valence-corrected chi connectivity index (χ2v) is 7.21. The van der Waals surface area contributed by atoms with Crippen LogP contribution in [-0.2, 0) is 19.1 Å². The highest BCUT2D eigenvalue weighted by molar-refractivity contribution is 6.03. The molecule has 0 aromatic heterocycles. The molecular weight excluding hydrogens is 289 g/mol. The first-order valence-electron chi connectivity index (χ1n) is 6.41. The molecule has 0 aliphatic rings. The zero-order chi connectivity index (χ0) is 17.2. The number of hydrogen-bond acceptors (Lipinski definition) is 4. The van der Waals surface area contributed by atoms with Gasteiger partial charge in [-0.3, -0.25) is 9.59 Å². The summed E-state index contributed by atoms with van der Waals surface area (Å²) in [5, 5.41) is 0. The second-order valence-electron chi connectivity index (χ2n) is 7.21. The van der Waals surface area contributed by atoms with Gasteiger partial charge in [0.15, 0.2) is 0 Å². The zero-order valence-electron chi connectivity index (χ0n) is 13.1. The number of esters is 2. The van der Waals surface area contributed by atoms with Crippen molar-refractivity contribution >= 4 is 17.7 Å². The highest BCUT2D eigenvalue weighted by Crippen LogP contribution is 2.33. The van der Waals surface area contributed by atoms with Crippen molar-refractivity contribution in [3.63, 3.8) is 0 Å². The molecule has 0 aromatic rings. The third-order valence-corrected chi connectivity index (χ3v) is 2.55. The van der Waals surface area contributed by atoms with Gasteiger partial charge in [-0.1, -0.05) is 41.5 Å². The van der Waals surface area contributed by atoms with Crippen LogP contribution in [0.2, 0.25) is 0 Å². The maximum absolute atomic E-state index is 12.2. The second kappa shape index (κ2) is 6.15. The maximum Gasteiger partial charge on any atom is 0.491 e. The number of hydrogen-bond donors (Lipinski definition) is 0. The van der Waals surface area contributed by atoms with E-state index in [0.717, 1.165) is 0 Å². The Balaban J connectivity index is 5.24. The fourth-order valence-electron chi connectivity index (χ4n) is 1.80. The van der Waals surface area contributed by atoms with Crippen molar-refractivity contribution in [1.29, 1.82) is 0 Å². The van der Waals surface area contributed by atoms with Gasteiger partial charge in [-0.15, -0.1) is 0 Å². The molecule has 1 atom stereocenters. The first-order chi connectivity index (χ1) is 9.05. The van der Waals surface area contributed by atoms with Crippen LogP contribution in [0.5, 0.6) is 0 Å². The summed E-state index contributed by atoms with van der Waals surface area (Å²) in [6.45, 7) is 9.86. The molecule has 7 heteroatoms. The van der Waals surface area contributed by atoms with Gasteiger partial charge in [0.2, 0.25) is 0 Å². The topological polar surface area (TPSA) is 60.4 Å². The fraction of sp³-hybridized carbons (Fsp3) is 0.786. The molecule has 122 valence electrons. The van der Waals surface area contributed by atoms with Crippen molar-refractivity contribution in [1.82, 2.24) is 0 Å². The van der Waals surface area contributed by atoms with E-state index in [2.05, 4.69) is 4.74 Å². The minimum absolute atomic E-state index is 0.00968. The molecule has 1 unspecified atom stereocenters. The Kier molecular flexibility index (Phi) is 5.74. The van der Waals surface area contributed by atoms with Gasteiger partial charge in [0, 0.05) is 6.42 Å². The summed E-state index contributed by atoms with van der Waals surface area (Å²) >= 11 is 0. The van der Waals surface area contributed by atoms with E-state index in [1.807, 2.05) is 0 Å². The number of ether oxygens (including phenoxy) is 1. The van der Waals surface area contributed by atoms with Crippen LogP contribution in [0.1, 0.15) is 48.0 Å². The van der Waals surface area contributed by atoms with Crippen molar-refractivity contribution in [2.24, 2.45) is 16.7 Å². The van der Waals surface area contributed by atoms with Crippen LogP contribution < -0.4 is 0 Å². The lowest BCUT2D eigenvalue weighted by atomic mass is 9.74. The molecule has 0 rings (SSSR count). The standard InChI is InChI=1S/C14H21F3O4/c1-12(2,3)7-8(18)9(13(4,5)6)10(19)21-11(20)14(15,16)17/h9H,7H2,1-6H3. The third-order valence-electron chi connectivity index (χ3n) is 2.55. The number of carbonyl (C=O) groups is 3. The lowest BCUT2D eigenvalue weighted by Crippen LogP contribution is -2.41. The number of halogens is 3. The van der Waals surface area contributed by atoms with E-state index in [1.165, 1.54) is 20.8 Å². The summed E-state index contributed by atoms with van der Waals surface area (Å²) in [6, 6.07) is 0. The smallest absolute Gasteiger partial charge is 0.386 e. The summed E-state index contributed by atoms with van der Waals surface area (Å²) in [5.41, 5.74) is -1.39. The summed E-state index contributed by atoms with van der Waals surface area (Å²) in [4.78, 5) is 34.7. The zero-order valence-corrected chi connectivity index (χ0v) is 13.1. The van der Waals surface area contributed by atoms with Gasteiger partial charge in [0.05, 0.1) is 0 Å². The summed E-state index contributed by atoms with van der Waals surface area (Å²) in [5.74, 6) is -6.04. The van der Waals surface area contributed by atoms with Crippen LogP contribution in [0.25, 0.3) is 0 Å². The normalized spacial score (nSPS) is 14.5. The lowest BCUT2D eigenvalue weighted by molar-refractivity contribution is -0.204. The van der Waals surface area contributed by atoms with Gasteiger partial charge in [-0.05, 0) is 10.8 Å². The van der Waals surface area contributed by atoms with Crippen molar-refractivity contribution in [2.75, 3.05) is 0 Å². The molecule has 0 aliphatic carbocycles. The third kappa shape index (κ3) is 6.73. The van der Waals surface area contributed by atoms with Crippen molar-refractivity contribution < 1.29 is 32.3 Å². The molecular formula is C14H21F3O4. The van der Waals surface area contributed by atoms with E-state index >= 15 is 0 Å². The molecule has 0 aromatic carbocycles. The molecule has 0 N–H and O–H groups in total. The van der Waals surface area contributed by atoms with Crippen LogP contribution in [0.3, 0.4) is 0 Å². The lowest BCUT2D eigenvalue weighted by Gasteiger charge is -2.29. The molecule has 0 saturated heterocycles. The van der Waals surface area contributed by atoms with Gasteiger partial charge in [0.25, 0.3) is 0 Å². The summed E-state index contributed by atoms with van der Waals surface area (Å²) < 4.78 is 40.2. The highest BCUT2D eigenvalue weighted by atomic mass is 19.4. The molecule has 0 spiro atoms. The Labute approximate surface area is 122 Å².